The van der Waals surface area contributed by atoms with Gasteiger partial charge in [-0.15, -0.1) is 0 Å². The fraction of sp³-hybridized carbons (Fsp3) is 0.364. The van der Waals surface area contributed by atoms with Gasteiger partial charge >= 0.3 is 0 Å². The van der Waals surface area contributed by atoms with Crippen molar-refractivity contribution in [3.63, 3.8) is 0 Å². The minimum atomic E-state index is -0.0629. The van der Waals surface area contributed by atoms with Crippen LogP contribution in [0.1, 0.15) is 22.3 Å². The molecule has 15 heavy (non-hydrogen) atoms. The first-order valence-electron chi connectivity index (χ1n) is 5.05. The summed E-state index contributed by atoms with van der Waals surface area (Å²) in [5.74, 6) is -0.0629. The Kier molecular flexibility index (Phi) is 4.80. The maximum absolute atomic E-state index is 11.5. The number of nitrogens with one attached hydrogen (secondary N) is 1. The summed E-state index contributed by atoms with van der Waals surface area (Å²) in [6.07, 6.45) is 0.798. The minimum Gasteiger partial charge on any atom is -0.352 e. The van der Waals surface area contributed by atoms with Crippen LogP contribution in [0.4, 0.5) is 0 Å². The van der Waals surface area contributed by atoms with Gasteiger partial charge in [-0.05, 0) is 30.7 Å². The highest BCUT2D eigenvalue weighted by Gasteiger charge is 2.03. The molecule has 0 saturated carbocycles. The molecule has 0 aliphatic carbocycles. The Labute approximate surface area is 89.6 Å². The predicted octanol–water partition coefficient (Wildman–Crippen LogP) is 0.224. The summed E-state index contributed by atoms with van der Waals surface area (Å²) in [6.45, 7) is 1.70. The van der Waals surface area contributed by atoms with E-state index in [0.29, 0.717) is 25.2 Å². The third-order valence-corrected chi connectivity index (χ3v) is 2.12. The Hall–Kier alpha value is -1.39. The second-order valence-electron chi connectivity index (χ2n) is 3.30. The third kappa shape index (κ3) is 3.69. The maximum atomic E-state index is 11.5. The van der Waals surface area contributed by atoms with Crippen molar-refractivity contribution in [1.82, 2.24) is 5.32 Å². The van der Waals surface area contributed by atoms with Gasteiger partial charge in [0, 0.05) is 18.7 Å². The van der Waals surface area contributed by atoms with Crippen molar-refractivity contribution >= 4 is 5.91 Å². The van der Waals surface area contributed by atoms with Crippen LogP contribution in [0.5, 0.6) is 0 Å². The summed E-state index contributed by atoms with van der Waals surface area (Å²) in [5.41, 5.74) is 12.5. The van der Waals surface area contributed by atoms with Crippen LogP contribution in [0.3, 0.4) is 0 Å². The highest BCUT2D eigenvalue weighted by Crippen LogP contribution is 2.03. The van der Waals surface area contributed by atoms with Gasteiger partial charge in [-0.2, -0.15) is 0 Å². The molecule has 0 saturated heterocycles. The first-order valence-corrected chi connectivity index (χ1v) is 5.05. The molecule has 0 bridgehead atoms. The average molecular weight is 207 g/mol. The molecule has 82 valence electrons. The summed E-state index contributed by atoms with van der Waals surface area (Å²) in [7, 11) is 0. The number of carbonyl (C=O) groups excluding carboxylic acids is 1. The van der Waals surface area contributed by atoms with E-state index in [-0.39, 0.29) is 5.91 Å². The second kappa shape index (κ2) is 6.16. The van der Waals surface area contributed by atoms with E-state index in [0.717, 1.165) is 12.0 Å². The van der Waals surface area contributed by atoms with Crippen LogP contribution < -0.4 is 16.8 Å². The molecular formula is C11H17N3O. The molecule has 0 fully saturated rings. The third-order valence-electron chi connectivity index (χ3n) is 2.12. The van der Waals surface area contributed by atoms with Crippen LogP contribution >= 0.6 is 0 Å². The molecule has 0 spiro atoms. The lowest BCUT2D eigenvalue weighted by Gasteiger charge is -2.04. The van der Waals surface area contributed by atoms with Gasteiger partial charge in [0.25, 0.3) is 5.91 Å². The number of hydrogen-bond donors (Lipinski definition) is 3. The van der Waals surface area contributed by atoms with Gasteiger partial charge in [0.15, 0.2) is 0 Å². The van der Waals surface area contributed by atoms with Crippen LogP contribution in [0.2, 0.25) is 0 Å². The van der Waals surface area contributed by atoms with Crippen molar-refractivity contribution in [1.29, 1.82) is 0 Å². The fourth-order valence-corrected chi connectivity index (χ4v) is 1.20. The van der Waals surface area contributed by atoms with Gasteiger partial charge in [0.05, 0.1) is 0 Å². The first-order chi connectivity index (χ1) is 7.27. The molecule has 1 rings (SSSR count). The summed E-state index contributed by atoms with van der Waals surface area (Å²) in [5, 5.41) is 2.79. The van der Waals surface area contributed by atoms with Crippen molar-refractivity contribution in [3.8, 4) is 0 Å². The number of rotatable bonds is 5. The fourth-order valence-electron chi connectivity index (χ4n) is 1.20. The molecule has 1 amide bonds. The molecule has 4 nitrogen and oxygen atoms in total. The number of benzene rings is 1. The molecule has 0 atom stereocenters. The molecule has 0 aromatic heterocycles. The van der Waals surface area contributed by atoms with Crippen molar-refractivity contribution in [2.24, 2.45) is 11.5 Å². The monoisotopic (exact) mass is 207 g/mol. The predicted molar refractivity (Wildman–Crippen MR) is 60.3 cm³/mol. The zero-order valence-electron chi connectivity index (χ0n) is 8.70. The molecule has 4 heteroatoms. The molecule has 1 aromatic rings. The Bertz CT molecular complexity index is 308. The second-order valence-corrected chi connectivity index (χ2v) is 3.30. The van der Waals surface area contributed by atoms with Crippen LogP contribution in [0.15, 0.2) is 24.3 Å². The Morgan fingerprint density at radius 3 is 2.40 bits per heavy atom. The van der Waals surface area contributed by atoms with Gasteiger partial charge in [0.2, 0.25) is 0 Å². The molecule has 0 aliphatic heterocycles. The lowest BCUT2D eigenvalue weighted by atomic mass is 10.1. The lowest BCUT2D eigenvalue weighted by molar-refractivity contribution is 0.0953. The zero-order valence-corrected chi connectivity index (χ0v) is 8.70. The summed E-state index contributed by atoms with van der Waals surface area (Å²) in [4.78, 5) is 11.5. The number of hydrogen-bond acceptors (Lipinski definition) is 3. The lowest BCUT2D eigenvalue weighted by Crippen LogP contribution is -2.25. The highest BCUT2D eigenvalue weighted by molar-refractivity contribution is 5.94. The molecule has 0 unspecified atom stereocenters. The van der Waals surface area contributed by atoms with E-state index in [1.807, 2.05) is 12.1 Å². The van der Waals surface area contributed by atoms with Crippen molar-refractivity contribution in [2.45, 2.75) is 13.0 Å². The van der Waals surface area contributed by atoms with Crippen molar-refractivity contribution in [2.75, 3.05) is 13.1 Å². The van der Waals surface area contributed by atoms with Crippen LogP contribution in [-0.2, 0) is 6.54 Å². The standard InChI is InChI=1S/C11H17N3O/c12-6-1-7-14-11(15)10-4-2-9(8-13)3-5-10/h2-5H,1,6-8,12-13H2,(H,14,15). The van der Waals surface area contributed by atoms with Gasteiger partial charge in [-0.25, -0.2) is 0 Å². The van der Waals surface area contributed by atoms with Crippen LogP contribution in [0, 0.1) is 0 Å². The summed E-state index contributed by atoms with van der Waals surface area (Å²) >= 11 is 0. The SMILES string of the molecule is NCCCNC(=O)c1ccc(CN)cc1. The Morgan fingerprint density at radius 2 is 1.87 bits per heavy atom. The molecule has 0 radical (unpaired) electrons. The van der Waals surface area contributed by atoms with E-state index >= 15 is 0 Å². The number of amides is 1. The molecule has 5 N–H and O–H groups in total. The Balaban J connectivity index is 2.50. The van der Waals surface area contributed by atoms with E-state index in [4.69, 9.17) is 11.5 Å². The zero-order chi connectivity index (χ0) is 11.1. The van der Waals surface area contributed by atoms with Crippen molar-refractivity contribution in [3.05, 3.63) is 35.4 Å². The average Bonchev–Trinajstić information content (AvgIpc) is 2.29. The highest BCUT2D eigenvalue weighted by atomic mass is 16.1. The number of carbonyl (C=O) groups is 1. The quantitative estimate of drug-likeness (QED) is 0.604. The Morgan fingerprint density at radius 1 is 1.20 bits per heavy atom. The van der Waals surface area contributed by atoms with Gasteiger partial charge in [-0.3, -0.25) is 4.79 Å². The molecule has 0 heterocycles. The van der Waals surface area contributed by atoms with E-state index in [1.165, 1.54) is 0 Å². The van der Waals surface area contributed by atoms with Gasteiger partial charge < -0.3 is 16.8 Å². The number of nitrogens with two attached hydrogens (primary N) is 2. The van der Waals surface area contributed by atoms with Crippen LogP contribution in [0.25, 0.3) is 0 Å². The van der Waals surface area contributed by atoms with Gasteiger partial charge in [-0.1, -0.05) is 12.1 Å². The van der Waals surface area contributed by atoms with E-state index < -0.39 is 0 Å². The topological polar surface area (TPSA) is 81.1 Å². The largest absolute Gasteiger partial charge is 0.352 e. The first kappa shape index (κ1) is 11.7. The maximum Gasteiger partial charge on any atom is 0.251 e. The normalized spacial score (nSPS) is 10.0. The smallest absolute Gasteiger partial charge is 0.251 e. The van der Waals surface area contributed by atoms with E-state index in [1.54, 1.807) is 12.1 Å². The molecule has 0 aliphatic rings. The van der Waals surface area contributed by atoms with Gasteiger partial charge in [0.1, 0.15) is 0 Å². The van der Waals surface area contributed by atoms with Crippen LogP contribution in [-0.4, -0.2) is 19.0 Å². The summed E-state index contributed by atoms with van der Waals surface area (Å²) < 4.78 is 0. The molecule has 1 aromatic carbocycles. The molecular weight excluding hydrogens is 190 g/mol. The van der Waals surface area contributed by atoms with E-state index in [2.05, 4.69) is 5.32 Å². The summed E-state index contributed by atoms with van der Waals surface area (Å²) in [6, 6.07) is 7.27. The van der Waals surface area contributed by atoms with Crippen molar-refractivity contribution < 1.29 is 4.79 Å². The minimum absolute atomic E-state index is 0.0629. The van der Waals surface area contributed by atoms with E-state index in [9.17, 15) is 4.79 Å².